The van der Waals surface area contributed by atoms with Gasteiger partial charge in [-0.25, -0.2) is 4.79 Å². The van der Waals surface area contributed by atoms with Crippen molar-refractivity contribution in [1.29, 1.82) is 0 Å². The number of benzene rings is 2. The average molecular weight is 352 g/mol. The van der Waals surface area contributed by atoms with Crippen molar-refractivity contribution < 1.29 is 23.8 Å². The third kappa shape index (κ3) is 4.06. The van der Waals surface area contributed by atoms with Gasteiger partial charge in [0, 0.05) is 6.42 Å². The summed E-state index contributed by atoms with van der Waals surface area (Å²) in [5.74, 6) is 1.10. The van der Waals surface area contributed by atoms with E-state index < -0.39 is 5.97 Å². The van der Waals surface area contributed by atoms with Crippen molar-refractivity contribution in [2.45, 2.75) is 13.3 Å². The van der Waals surface area contributed by atoms with Crippen LogP contribution in [-0.4, -0.2) is 24.8 Å². The fraction of sp³-hybridized carbons (Fsp3) is 0.190. The molecule has 5 heteroatoms. The van der Waals surface area contributed by atoms with E-state index in [1.807, 2.05) is 48.5 Å². The molecule has 1 heterocycles. The molecule has 5 nitrogen and oxygen atoms in total. The van der Waals surface area contributed by atoms with Crippen LogP contribution in [0.3, 0.4) is 0 Å². The minimum atomic E-state index is -1.06. The Morgan fingerprint density at radius 2 is 1.58 bits per heavy atom. The van der Waals surface area contributed by atoms with Crippen LogP contribution in [0.15, 0.2) is 59.0 Å². The monoisotopic (exact) mass is 352 g/mol. The largest absolute Gasteiger partial charge is 0.497 e. The Morgan fingerprint density at radius 1 is 1.00 bits per heavy atom. The SMILES string of the molecule is COc1ccc(-c2ccc(OCCc3cc(C(=O)O)oc3C)cc2)cc1. The van der Waals surface area contributed by atoms with Gasteiger partial charge in [0.15, 0.2) is 0 Å². The van der Waals surface area contributed by atoms with E-state index in [4.69, 9.17) is 19.0 Å². The van der Waals surface area contributed by atoms with E-state index in [9.17, 15) is 4.79 Å². The topological polar surface area (TPSA) is 68.9 Å². The van der Waals surface area contributed by atoms with E-state index in [0.717, 1.165) is 28.2 Å². The Morgan fingerprint density at radius 3 is 2.08 bits per heavy atom. The normalized spacial score (nSPS) is 10.5. The maximum Gasteiger partial charge on any atom is 0.371 e. The number of rotatable bonds is 7. The van der Waals surface area contributed by atoms with Crippen LogP contribution in [0.25, 0.3) is 11.1 Å². The first kappa shape index (κ1) is 17.6. The van der Waals surface area contributed by atoms with Gasteiger partial charge in [0.25, 0.3) is 0 Å². The van der Waals surface area contributed by atoms with E-state index in [1.54, 1.807) is 20.1 Å². The average Bonchev–Trinajstić information content (AvgIpc) is 3.04. The van der Waals surface area contributed by atoms with Crippen LogP contribution in [0.1, 0.15) is 21.9 Å². The van der Waals surface area contributed by atoms with Gasteiger partial charge in [0.2, 0.25) is 5.76 Å². The van der Waals surface area contributed by atoms with Crippen molar-refractivity contribution in [3.8, 4) is 22.6 Å². The summed E-state index contributed by atoms with van der Waals surface area (Å²) in [6.45, 7) is 2.20. The fourth-order valence-electron chi connectivity index (χ4n) is 2.68. The van der Waals surface area contributed by atoms with Gasteiger partial charge >= 0.3 is 5.97 Å². The summed E-state index contributed by atoms with van der Waals surface area (Å²) in [5.41, 5.74) is 3.04. The lowest BCUT2D eigenvalue weighted by atomic mass is 10.1. The summed E-state index contributed by atoms with van der Waals surface area (Å²) >= 11 is 0. The molecule has 3 rings (SSSR count). The molecule has 2 aromatic carbocycles. The smallest absolute Gasteiger partial charge is 0.371 e. The molecule has 0 unspecified atom stereocenters. The van der Waals surface area contributed by atoms with Crippen LogP contribution in [0.5, 0.6) is 11.5 Å². The summed E-state index contributed by atoms with van der Waals surface area (Å²) in [5, 5.41) is 8.94. The zero-order valence-electron chi connectivity index (χ0n) is 14.7. The van der Waals surface area contributed by atoms with E-state index in [1.165, 1.54) is 0 Å². The molecule has 0 bridgehead atoms. The van der Waals surface area contributed by atoms with Crippen LogP contribution in [-0.2, 0) is 6.42 Å². The number of hydrogen-bond donors (Lipinski definition) is 1. The second-order valence-electron chi connectivity index (χ2n) is 5.85. The van der Waals surface area contributed by atoms with Crippen molar-refractivity contribution >= 4 is 5.97 Å². The quantitative estimate of drug-likeness (QED) is 0.674. The van der Waals surface area contributed by atoms with Gasteiger partial charge in [-0.2, -0.15) is 0 Å². The summed E-state index contributed by atoms with van der Waals surface area (Å²) in [4.78, 5) is 10.9. The number of carboxylic acid groups (broad SMARTS) is 1. The second-order valence-corrected chi connectivity index (χ2v) is 5.85. The molecule has 0 fully saturated rings. The number of methoxy groups -OCH3 is 1. The van der Waals surface area contributed by atoms with Gasteiger partial charge < -0.3 is 19.0 Å². The van der Waals surface area contributed by atoms with Crippen LogP contribution < -0.4 is 9.47 Å². The predicted molar refractivity (Wildman–Crippen MR) is 98.0 cm³/mol. The molecule has 0 radical (unpaired) electrons. The Bertz CT molecular complexity index is 876. The molecule has 0 saturated carbocycles. The third-order valence-electron chi connectivity index (χ3n) is 4.15. The van der Waals surface area contributed by atoms with Crippen LogP contribution in [0.2, 0.25) is 0 Å². The Labute approximate surface area is 151 Å². The van der Waals surface area contributed by atoms with Crippen molar-refractivity contribution in [3.63, 3.8) is 0 Å². The number of aromatic carboxylic acids is 1. The van der Waals surface area contributed by atoms with E-state index in [-0.39, 0.29) is 5.76 Å². The molecule has 0 aliphatic carbocycles. The van der Waals surface area contributed by atoms with Gasteiger partial charge in [-0.15, -0.1) is 0 Å². The molecular weight excluding hydrogens is 332 g/mol. The lowest BCUT2D eigenvalue weighted by Crippen LogP contribution is -2.01. The van der Waals surface area contributed by atoms with Crippen molar-refractivity contribution in [3.05, 3.63) is 71.7 Å². The number of hydrogen-bond acceptors (Lipinski definition) is 4. The van der Waals surface area contributed by atoms with Crippen LogP contribution in [0.4, 0.5) is 0 Å². The molecule has 3 aromatic rings. The number of carboxylic acids is 1. The highest BCUT2D eigenvalue weighted by molar-refractivity contribution is 5.84. The van der Waals surface area contributed by atoms with Crippen LogP contribution >= 0.6 is 0 Å². The highest BCUT2D eigenvalue weighted by Gasteiger charge is 2.12. The first-order chi connectivity index (χ1) is 12.6. The summed E-state index contributed by atoms with van der Waals surface area (Å²) in [7, 11) is 1.65. The Kier molecular flexibility index (Phi) is 5.27. The maximum atomic E-state index is 10.9. The molecule has 0 aliphatic heterocycles. The van der Waals surface area contributed by atoms with Gasteiger partial charge in [-0.05, 0) is 53.9 Å². The Balaban J connectivity index is 1.58. The molecule has 0 spiro atoms. The molecule has 1 aromatic heterocycles. The predicted octanol–water partition coefficient (Wildman–Crippen LogP) is 4.58. The maximum absolute atomic E-state index is 10.9. The molecule has 0 aliphatic rings. The zero-order valence-corrected chi connectivity index (χ0v) is 14.7. The van der Waals surface area contributed by atoms with Gasteiger partial charge in [-0.3, -0.25) is 0 Å². The molecule has 0 saturated heterocycles. The number of aryl methyl sites for hydroxylation is 1. The highest BCUT2D eigenvalue weighted by atomic mass is 16.5. The first-order valence-corrected chi connectivity index (χ1v) is 8.26. The molecule has 0 atom stereocenters. The molecule has 26 heavy (non-hydrogen) atoms. The van der Waals surface area contributed by atoms with Crippen LogP contribution in [0, 0.1) is 6.92 Å². The summed E-state index contributed by atoms with van der Waals surface area (Å²) in [6.07, 6.45) is 0.586. The third-order valence-corrected chi connectivity index (χ3v) is 4.15. The van der Waals surface area contributed by atoms with Gasteiger partial charge in [0.05, 0.1) is 13.7 Å². The van der Waals surface area contributed by atoms with Gasteiger partial charge in [-0.1, -0.05) is 24.3 Å². The van der Waals surface area contributed by atoms with Gasteiger partial charge in [0.1, 0.15) is 17.3 Å². The zero-order chi connectivity index (χ0) is 18.5. The lowest BCUT2D eigenvalue weighted by Gasteiger charge is -2.08. The van der Waals surface area contributed by atoms with Crippen molar-refractivity contribution in [2.24, 2.45) is 0 Å². The highest BCUT2D eigenvalue weighted by Crippen LogP contribution is 2.24. The molecule has 0 amide bonds. The molecule has 134 valence electrons. The number of ether oxygens (including phenoxy) is 2. The van der Waals surface area contributed by atoms with Crippen molar-refractivity contribution in [2.75, 3.05) is 13.7 Å². The summed E-state index contributed by atoms with van der Waals surface area (Å²) in [6, 6.07) is 17.3. The van der Waals surface area contributed by atoms with E-state index in [2.05, 4.69) is 0 Å². The van der Waals surface area contributed by atoms with E-state index >= 15 is 0 Å². The second kappa shape index (κ2) is 7.78. The van der Waals surface area contributed by atoms with Crippen molar-refractivity contribution in [1.82, 2.24) is 0 Å². The number of carbonyl (C=O) groups is 1. The van der Waals surface area contributed by atoms with E-state index in [0.29, 0.717) is 18.8 Å². The lowest BCUT2D eigenvalue weighted by molar-refractivity contribution is 0.0661. The minimum absolute atomic E-state index is 0.0404. The first-order valence-electron chi connectivity index (χ1n) is 8.26. The minimum Gasteiger partial charge on any atom is -0.497 e. The number of furan rings is 1. The molecule has 1 N–H and O–H groups in total. The summed E-state index contributed by atoms with van der Waals surface area (Å²) < 4.78 is 16.1. The molecular formula is C21H20O5. The standard InChI is InChI=1S/C21H20O5/c1-14-17(13-20(26-14)21(22)23)11-12-25-19-9-5-16(6-10-19)15-3-7-18(24-2)8-4-15/h3-10,13H,11-12H2,1-2H3,(H,22,23). The fourth-order valence-corrected chi connectivity index (χ4v) is 2.68. The Hall–Kier alpha value is -3.21.